The molecule has 9 nitrogen and oxygen atoms in total. The minimum Gasteiger partial charge on any atom is -0.497 e. The van der Waals surface area contributed by atoms with Gasteiger partial charge in [0.05, 0.1) is 24.4 Å². The Hall–Kier alpha value is -4.05. The molecule has 160 valence electrons. The van der Waals surface area contributed by atoms with Gasteiger partial charge in [-0.2, -0.15) is 0 Å². The first kappa shape index (κ1) is 19.9. The quantitative estimate of drug-likeness (QED) is 0.376. The molecule has 0 amide bonds. The fourth-order valence-corrected chi connectivity index (χ4v) is 3.88. The zero-order valence-corrected chi connectivity index (χ0v) is 17.9. The number of fused-ring (bicyclic) bond motifs is 1. The Morgan fingerprint density at radius 1 is 1.00 bits per heavy atom. The van der Waals surface area contributed by atoms with Crippen molar-refractivity contribution in [3.8, 4) is 34.4 Å². The Bertz CT molecular complexity index is 1530. The lowest BCUT2D eigenvalue weighted by Crippen LogP contribution is -2.09. The molecule has 1 aromatic carbocycles. The molecule has 0 aliphatic carbocycles. The van der Waals surface area contributed by atoms with Crippen molar-refractivity contribution in [3.63, 3.8) is 0 Å². The molecule has 0 aliphatic rings. The fraction of sp³-hybridized carbons (Fsp3) is 0.0909. The van der Waals surface area contributed by atoms with Crippen LogP contribution in [0.3, 0.4) is 0 Å². The summed E-state index contributed by atoms with van der Waals surface area (Å²) in [6, 6.07) is 14.2. The van der Waals surface area contributed by atoms with Crippen LogP contribution in [0.5, 0.6) is 5.75 Å². The summed E-state index contributed by atoms with van der Waals surface area (Å²) in [5.74, 6) is 1.99. The third-order valence-corrected chi connectivity index (χ3v) is 5.67. The molecule has 0 unspecified atom stereocenters. The van der Waals surface area contributed by atoms with E-state index < -0.39 is 9.84 Å². The number of hydrogen-bond donors (Lipinski definition) is 0. The van der Waals surface area contributed by atoms with Crippen molar-refractivity contribution >= 4 is 20.9 Å². The van der Waals surface area contributed by atoms with Gasteiger partial charge in [-0.25, -0.2) is 23.4 Å². The van der Waals surface area contributed by atoms with E-state index in [2.05, 4.69) is 15.0 Å². The summed E-state index contributed by atoms with van der Waals surface area (Å²) in [5, 5.41) is -0.308. The van der Waals surface area contributed by atoms with Crippen molar-refractivity contribution in [2.75, 3.05) is 13.4 Å². The van der Waals surface area contributed by atoms with Crippen molar-refractivity contribution in [1.82, 2.24) is 24.5 Å². The molecule has 0 atom stereocenters. The highest BCUT2D eigenvalue weighted by Gasteiger charge is 2.21. The third kappa shape index (κ3) is 3.50. The SMILES string of the molecule is COc1ccc2c(c1)nc(-c1ccncc1)n2-c1cc(-c2ccco2)nc(S(C)(=O)=O)n1. The zero-order valence-electron chi connectivity index (χ0n) is 17.1. The van der Waals surface area contributed by atoms with Gasteiger partial charge in [0.2, 0.25) is 15.0 Å². The molecular weight excluding hydrogens is 430 g/mol. The highest BCUT2D eigenvalue weighted by Crippen LogP contribution is 2.31. The lowest BCUT2D eigenvalue weighted by atomic mass is 10.2. The van der Waals surface area contributed by atoms with Crippen LogP contribution in [-0.4, -0.2) is 46.3 Å². The van der Waals surface area contributed by atoms with Gasteiger partial charge in [0, 0.05) is 36.3 Å². The number of imidazole rings is 1. The molecule has 32 heavy (non-hydrogen) atoms. The number of methoxy groups -OCH3 is 1. The monoisotopic (exact) mass is 447 g/mol. The first-order chi connectivity index (χ1) is 15.4. The van der Waals surface area contributed by atoms with E-state index in [0.717, 1.165) is 17.3 Å². The molecule has 0 bridgehead atoms. The van der Waals surface area contributed by atoms with E-state index in [4.69, 9.17) is 14.1 Å². The average molecular weight is 447 g/mol. The van der Waals surface area contributed by atoms with E-state index in [0.29, 0.717) is 34.4 Å². The minimum absolute atomic E-state index is 0.308. The first-order valence-electron chi connectivity index (χ1n) is 9.54. The van der Waals surface area contributed by atoms with Gasteiger partial charge in [0.25, 0.3) is 0 Å². The maximum atomic E-state index is 12.4. The van der Waals surface area contributed by atoms with Crippen LogP contribution in [0.2, 0.25) is 0 Å². The Labute approximate surface area is 183 Å². The van der Waals surface area contributed by atoms with Crippen molar-refractivity contribution in [2.24, 2.45) is 0 Å². The lowest BCUT2D eigenvalue weighted by Gasteiger charge is -2.11. The second-order valence-corrected chi connectivity index (χ2v) is 8.91. The van der Waals surface area contributed by atoms with Gasteiger partial charge in [-0.05, 0) is 36.4 Å². The van der Waals surface area contributed by atoms with Gasteiger partial charge >= 0.3 is 0 Å². The van der Waals surface area contributed by atoms with Crippen LogP contribution in [-0.2, 0) is 9.84 Å². The van der Waals surface area contributed by atoms with E-state index in [9.17, 15) is 8.42 Å². The summed E-state index contributed by atoms with van der Waals surface area (Å²) in [5.41, 5.74) is 2.52. The summed E-state index contributed by atoms with van der Waals surface area (Å²) >= 11 is 0. The van der Waals surface area contributed by atoms with E-state index in [1.54, 1.807) is 42.3 Å². The Morgan fingerprint density at radius 2 is 1.81 bits per heavy atom. The smallest absolute Gasteiger partial charge is 0.249 e. The molecule has 10 heteroatoms. The van der Waals surface area contributed by atoms with Gasteiger partial charge in [0.15, 0.2) is 5.76 Å². The van der Waals surface area contributed by atoms with Crippen LogP contribution >= 0.6 is 0 Å². The maximum Gasteiger partial charge on any atom is 0.249 e. The first-order valence-corrected chi connectivity index (χ1v) is 11.4. The highest BCUT2D eigenvalue weighted by atomic mass is 32.2. The van der Waals surface area contributed by atoms with Crippen LogP contribution < -0.4 is 4.74 Å². The third-order valence-electron chi connectivity index (χ3n) is 4.83. The standard InChI is InChI=1S/C22H17N5O4S/c1-30-15-5-6-18-16(12-15)24-21(14-7-9-23-10-8-14)27(18)20-13-17(19-4-3-11-31-19)25-22(26-20)32(2,28)29/h3-13H,1-2H3. The number of furan rings is 1. The lowest BCUT2D eigenvalue weighted by molar-refractivity contribution is 0.415. The molecule has 5 rings (SSSR count). The molecule has 0 spiro atoms. The molecule has 0 aliphatic heterocycles. The fourth-order valence-electron chi connectivity index (χ4n) is 3.36. The molecule has 0 saturated carbocycles. The van der Waals surface area contributed by atoms with Crippen LogP contribution in [0.25, 0.3) is 39.7 Å². The van der Waals surface area contributed by atoms with Crippen LogP contribution in [0.1, 0.15) is 0 Å². The summed E-state index contributed by atoms with van der Waals surface area (Å²) in [7, 11) is -2.12. The van der Waals surface area contributed by atoms with Crippen molar-refractivity contribution in [2.45, 2.75) is 5.16 Å². The minimum atomic E-state index is -3.70. The van der Waals surface area contributed by atoms with Crippen LogP contribution in [0.15, 0.2) is 76.8 Å². The van der Waals surface area contributed by atoms with E-state index >= 15 is 0 Å². The van der Waals surface area contributed by atoms with Crippen LogP contribution in [0.4, 0.5) is 0 Å². The molecular formula is C22H17N5O4S. The molecule has 0 saturated heterocycles. The molecule has 4 aromatic heterocycles. The van der Waals surface area contributed by atoms with E-state index in [-0.39, 0.29) is 5.16 Å². The summed E-state index contributed by atoms with van der Waals surface area (Å²) in [6.07, 6.45) is 5.89. The molecule has 4 heterocycles. The summed E-state index contributed by atoms with van der Waals surface area (Å²) in [6.45, 7) is 0. The Morgan fingerprint density at radius 3 is 2.50 bits per heavy atom. The number of benzene rings is 1. The van der Waals surface area contributed by atoms with Crippen molar-refractivity contribution in [1.29, 1.82) is 0 Å². The highest BCUT2D eigenvalue weighted by molar-refractivity contribution is 7.90. The second kappa shape index (κ2) is 7.57. The molecule has 0 N–H and O–H groups in total. The van der Waals surface area contributed by atoms with E-state index in [1.165, 1.54) is 6.26 Å². The van der Waals surface area contributed by atoms with Crippen molar-refractivity contribution in [3.05, 3.63) is 67.2 Å². The number of rotatable bonds is 5. The van der Waals surface area contributed by atoms with Gasteiger partial charge in [-0.15, -0.1) is 0 Å². The van der Waals surface area contributed by atoms with Gasteiger partial charge in [0.1, 0.15) is 23.1 Å². The van der Waals surface area contributed by atoms with Crippen molar-refractivity contribution < 1.29 is 17.6 Å². The second-order valence-electron chi connectivity index (χ2n) is 7.00. The number of aromatic nitrogens is 5. The average Bonchev–Trinajstić information content (AvgIpc) is 3.46. The molecule has 5 aromatic rings. The van der Waals surface area contributed by atoms with Gasteiger partial charge in [-0.1, -0.05) is 0 Å². The number of hydrogen-bond acceptors (Lipinski definition) is 8. The maximum absolute atomic E-state index is 12.4. The largest absolute Gasteiger partial charge is 0.497 e. The number of sulfone groups is 1. The normalized spacial score (nSPS) is 11.7. The number of nitrogens with zero attached hydrogens (tertiary/aromatic N) is 5. The number of pyridine rings is 1. The van der Waals surface area contributed by atoms with Crippen LogP contribution in [0, 0.1) is 0 Å². The molecule has 0 fully saturated rings. The number of ether oxygens (including phenoxy) is 1. The van der Waals surface area contributed by atoms with Gasteiger partial charge in [-0.3, -0.25) is 9.55 Å². The predicted molar refractivity (Wildman–Crippen MR) is 117 cm³/mol. The summed E-state index contributed by atoms with van der Waals surface area (Å²) < 4.78 is 37.3. The van der Waals surface area contributed by atoms with E-state index in [1.807, 2.05) is 30.3 Å². The van der Waals surface area contributed by atoms with Gasteiger partial charge < -0.3 is 9.15 Å². The predicted octanol–water partition coefficient (Wildman–Crippen LogP) is 3.55. The zero-order chi connectivity index (χ0) is 22.3. The molecule has 0 radical (unpaired) electrons. The topological polar surface area (TPSA) is 113 Å². The Balaban J connectivity index is 1.85. The Kier molecular flexibility index (Phi) is 4.71. The summed E-state index contributed by atoms with van der Waals surface area (Å²) in [4.78, 5) is 17.4.